The Bertz CT molecular complexity index is 1120. The van der Waals surface area contributed by atoms with Crippen molar-refractivity contribution >= 4 is 39.3 Å². The molecule has 35 heavy (non-hydrogen) atoms. The van der Waals surface area contributed by atoms with E-state index in [0.29, 0.717) is 24.4 Å². The number of carbonyl (C=O) groups is 2. The second-order valence-corrected chi connectivity index (χ2v) is 10.1. The van der Waals surface area contributed by atoms with Gasteiger partial charge in [0.05, 0.1) is 0 Å². The second-order valence-electron chi connectivity index (χ2n) is 8.77. The van der Waals surface area contributed by atoms with Crippen LogP contribution in [0.15, 0.2) is 83.3 Å². The van der Waals surface area contributed by atoms with Crippen LogP contribution in [0.1, 0.15) is 43.4 Å². The van der Waals surface area contributed by atoms with Gasteiger partial charge in [-0.25, -0.2) is 0 Å². The van der Waals surface area contributed by atoms with E-state index in [9.17, 15) is 9.59 Å². The molecule has 0 fully saturated rings. The number of hydrogen-bond acceptors (Lipinski definition) is 2. The Labute approximate surface area is 221 Å². The zero-order chi connectivity index (χ0) is 25.2. The fraction of sp³-hybridized carbons (Fsp3) is 0.310. The number of aryl methyl sites for hydroxylation is 1. The van der Waals surface area contributed by atoms with Gasteiger partial charge in [0.2, 0.25) is 11.8 Å². The third-order valence-corrected chi connectivity index (χ3v) is 6.94. The van der Waals surface area contributed by atoms with Gasteiger partial charge in [-0.15, -0.1) is 0 Å². The first-order chi connectivity index (χ1) is 16.9. The zero-order valence-corrected chi connectivity index (χ0v) is 22.6. The van der Waals surface area contributed by atoms with Gasteiger partial charge < -0.3 is 10.2 Å². The van der Waals surface area contributed by atoms with Crippen LogP contribution in [0.3, 0.4) is 0 Å². The maximum absolute atomic E-state index is 13.7. The predicted octanol–water partition coefficient (Wildman–Crippen LogP) is 6.59. The standard InChI is InChI=1S/C29H32BrClN2O2/c1-3-21(2)32-29(35)27(19-22-10-5-4-6-11-22)33(20-23-12-9-14-25(30)18-23)28(34)17-16-24-13-7-8-15-26(24)31/h4-15,18,21,27H,3,16-17,19-20H2,1-2H3,(H,32,35)/t21-,27+/m0/s1. The van der Waals surface area contributed by atoms with Crippen molar-refractivity contribution in [2.75, 3.05) is 0 Å². The van der Waals surface area contributed by atoms with Gasteiger partial charge in [0.15, 0.2) is 0 Å². The van der Waals surface area contributed by atoms with E-state index in [2.05, 4.69) is 21.2 Å². The smallest absolute Gasteiger partial charge is 0.243 e. The van der Waals surface area contributed by atoms with Gasteiger partial charge >= 0.3 is 0 Å². The van der Waals surface area contributed by atoms with Gasteiger partial charge in [-0.1, -0.05) is 95.1 Å². The molecule has 0 spiro atoms. The molecule has 184 valence electrons. The summed E-state index contributed by atoms with van der Waals surface area (Å²) in [4.78, 5) is 28.9. The van der Waals surface area contributed by atoms with Gasteiger partial charge in [0, 0.05) is 34.9 Å². The van der Waals surface area contributed by atoms with Crippen LogP contribution in [0.4, 0.5) is 0 Å². The van der Waals surface area contributed by atoms with Crippen LogP contribution in [-0.4, -0.2) is 28.8 Å². The molecule has 0 heterocycles. The first kappa shape index (κ1) is 27.0. The minimum atomic E-state index is -0.635. The first-order valence-electron chi connectivity index (χ1n) is 12.0. The number of nitrogens with zero attached hydrogens (tertiary/aromatic N) is 1. The van der Waals surface area contributed by atoms with E-state index in [-0.39, 0.29) is 24.3 Å². The minimum Gasteiger partial charge on any atom is -0.352 e. The molecule has 0 saturated heterocycles. The van der Waals surface area contributed by atoms with Crippen LogP contribution >= 0.6 is 27.5 Å². The van der Waals surface area contributed by atoms with Crippen molar-refractivity contribution < 1.29 is 9.59 Å². The lowest BCUT2D eigenvalue weighted by molar-refractivity contribution is -0.141. The van der Waals surface area contributed by atoms with E-state index in [4.69, 9.17) is 11.6 Å². The summed E-state index contributed by atoms with van der Waals surface area (Å²) in [6.07, 6.45) is 2.03. The molecule has 1 N–H and O–H groups in total. The van der Waals surface area contributed by atoms with E-state index in [0.717, 1.165) is 27.6 Å². The SMILES string of the molecule is CC[C@H](C)NC(=O)[C@@H](Cc1ccccc1)N(Cc1cccc(Br)c1)C(=O)CCc1ccccc1Cl. The maximum Gasteiger partial charge on any atom is 0.243 e. The van der Waals surface area contributed by atoms with Crippen LogP contribution < -0.4 is 5.32 Å². The van der Waals surface area contributed by atoms with Crippen molar-refractivity contribution in [2.45, 2.75) is 58.2 Å². The minimum absolute atomic E-state index is 0.0201. The lowest BCUT2D eigenvalue weighted by Crippen LogP contribution is -2.52. The molecule has 2 amide bonds. The van der Waals surface area contributed by atoms with Crippen LogP contribution in [0.2, 0.25) is 5.02 Å². The number of rotatable bonds is 11. The molecule has 0 aromatic heterocycles. The van der Waals surface area contributed by atoms with Crippen LogP contribution in [0.25, 0.3) is 0 Å². The Hall–Kier alpha value is -2.63. The molecule has 6 heteroatoms. The highest BCUT2D eigenvalue weighted by molar-refractivity contribution is 9.10. The molecule has 3 rings (SSSR count). The fourth-order valence-electron chi connectivity index (χ4n) is 3.91. The Morgan fingerprint density at radius 3 is 2.34 bits per heavy atom. The van der Waals surface area contributed by atoms with Crippen molar-refractivity contribution in [1.82, 2.24) is 10.2 Å². The summed E-state index contributed by atoms with van der Waals surface area (Å²) in [6.45, 7) is 4.35. The fourth-order valence-corrected chi connectivity index (χ4v) is 4.59. The van der Waals surface area contributed by atoms with E-state index >= 15 is 0 Å². The average molecular weight is 556 g/mol. The third-order valence-electron chi connectivity index (χ3n) is 6.08. The maximum atomic E-state index is 13.7. The molecule has 0 saturated carbocycles. The Morgan fingerprint density at radius 1 is 0.971 bits per heavy atom. The summed E-state index contributed by atoms with van der Waals surface area (Å²) >= 11 is 9.86. The number of halogens is 2. The lowest BCUT2D eigenvalue weighted by atomic mass is 10.0. The van der Waals surface area contributed by atoms with Gasteiger partial charge in [-0.2, -0.15) is 0 Å². The molecule has 0 aliphatic carbocycles. The van der Waals surface area contributed by atoms with E-state index in [1.54, 1.807) is 4.90 Å². The average Bonchev–Trinajstić information content (AvgIpc) is 2.86. The number of benzene rings is 3. The summed E-state index contributed by atoms with van der Waals surface area (Å²) in [6, 6.07) is 24.7. The molecule has 3 aromatic carbocycles. The summed E-state index contributed by atoms with van der Waals surface area (Å²) < 4.78 is 0.933. The normalized spacial score (nSPS) is 12.6. The number of carbonyl (C=O) groups excluding carboxylic acids is 2. The highest BCUT2D eigenvalue weighted by atomic mass is 79.9. The number of nitrogens with one attached hydrogen (secondary N) is 1. The van der Waals surface area contributed by atoms with Gasteiger partial charge in [0.1, 0.15) is 6.04 Å². The third kappa shape index (κ3) is 8.22. The molecule has 0 bridgehead atoms. The van der Waals surface area contributed by atoms with Crippen molar-refractivity contribution in [2.24, 2.45) is 0 Å². The van der Waals surface area contributed by atoms with E-state index in [1.165, 1.54) is 0 Å². The quantitative estimate of drug-likeness (QED) is 0.290. The molecule has 0 radical (unpaired) electrons. The highest BCUT2D eigenvalue weighted by Gasteiger charge is 2.30. The molecule has 0 aliphatic rings. The predicted molar refractivity (Wildman–Crippen MR) is 146 cm³/mol. The van der Waals surface area contributed by atoms with Crippen LogP contribution in [0, 0.1) is 0 Å². The number of amides is 2. The second kappa shape index (κ2) is 13.5. The van der Waals surface area contributed by atoms with Crippen molar-refractivity contribution in [3.8, 4) is 0 Å². The van der Waals surface area contributed by atoms with E-state index < -0.39 is 6.04 Å². The Kier molecular flexibility index (Phi) is 10.4. The van der Waals surface area contributed by atoms with Crippen molar-refractivity contribution in [1.29, 1.82) is 0 Å². The molecule has 2 atom stereocenters. The molecular formula is C29H32BrClN2O2. The highest BCUT2D eigenvalue weighted by Crippen LogP contribution is 2.21. The summed E-state index contributed by atoms with van der Waals surface area (Å²) in [7, 11) is 0. The summed E-state index contributed by atoms with van der Waals surface area (Å²) in [5, 5.41) is 3.75. The van der Waals surface area contributed by atoms with E-state index in [1.807, 2.05) is 92.7 Å². The molecule has 0 unspecified atom stereocenters. The molecule has 0 aliphatic heterocycles. The van der Waals surface area contributed by atoms with Gasteiger partial charge in [-0.3, -0.25) is 9.59 Å². The summed E-state index contributed by atoms with van der Waals surface area (Å²) in [5.41, 5.74) is 2.89. The van der Waals surface area contributed by atoms with Gasteiger partial charge in [-0.05, 0) is 54.7 Å². The van der Waals surface area contributed by atoms with Gasteiger partial charge in [0.25, 0.3) is 0 Å². The lowest BCUT2D eigenvalue weighted by Gasteiger charge is -2.32. The molecule has 3 aromatic rings. The number of hydrogen-bond donors (Lipinski definition) is 1. The van der Waals surface area contributed by atoms with Crippen LogP contribution in [0.5, 0.6) is 0 Å². The Morgan fingerprint density at radius 2 is 1.66 bits per heavy atom. The topological polar surface area (TPSA) is 49.4 Å². The first-order valence-corrected chi connectivity index (χ1v) is 13.2. The van der Waals surface area contributed by atoms with Crippen molar-refractivity contribution in [3.63, 3.8) is 0 Å². The molecule has 4 nitrogen and oxygen atoms in total. The van der Waals surface area contributed by atoms with Crippen molar-refractivity contribution in [3.05, 3.63) is 105 Å². The Balaban J connectivity index is 1.92. The zero-order valence-electron chi connectivity index (χ0n) is 20.2. The molecular weight excluding hydrogens is 524 g/mol. The monoisotopic (exact) mass is 554 g/mol. The van der Waals surface area contributed by atoms with Crippen LogP contribution in [-0.2, 0) is 29.0 Å². The largest absolute Gasteiger partial charge is 0.352 e. The summed E-state index contributed by atoms with van der Waals surface area (Å²) in [5.74, 6) is -0.213.